The average molecular weight is 381 g/mol. The second-order valence-corrected chi connectivity index (χ2v) is 4.64. The van der Waals surface area contributed by atoms with Crippen molar-refractivity contribution in [3.05, 3.63) is 35.2 Å². The van der Waals surface area contributed by atoms with Crippen LogP contribution in [-0.2, 0) is 10.7 Å². The molecule has 13 heteroatoms. The topological polar surface area (TPSA) is 115 Å². The number of amides is 1. The summed E-state index contributed by atoms with van der Waals surface area (Å²) in [5.74, 6) is -10.4. The number of alkyl halides is 5. The van der Waals surface area contributed by atoms with E-state index < -0.39 is 47.1 Å². The third-order valence-corrected chi connectivity index (χ3v) is 2.97. The number of nitrogens with one attached hydrogen (secondary N) is 1. The Kier molecular flexibility index (Phi) is 4.82. The Morgan fingerprint density at radius 2 is 1.81 bits per heavy atom. The summed E-state index contributed by atoms with van der Waals surface area (Å²) in [6, 6.07) is 2.29. The van der Waals surface area contributed by atoms with Crippen molar-refractivity contribution in [1.82, 2.24) is 10.1 Å². The molecule has 8 nitrogen and oxygen atoms in total. The van der Waals surface area contributed by atoms with Gasteiger partial charge in [-0.05, 0) is 12.1 Å². The van der Waals surface area contributed by atoms with E-state index in [1.807, 2.05) is 0 Å². The Morgan fingerprint density at radius 1 is 1.19 bits per heavy atom. The largest absolute Gasteiger partial charge is 0.506 e. The van der Waals surface area contributed by atoms with Crippen LogP contribution in [0.5, 0.6) is 5.75 Å². The van der Waals surface area contributed by atoms with Gasteiger partial charge in [0.05, 0.1) is 12.7 Å². The number of esters is 1. The molecule has 26 heavy (non-hydrogen) atoms. The Morgan fingerprint density at radius 3 is 2.38 bits per heavy atom. The van der Waals surface area contributed by atoms with Gasteiger partial charge in [0.2, 0.25) is 0 Å². The zero-order valence-electron chi connectivity index (χ0n) is 12.6. The minimum absolute atomic E-state index is 0.380. The second kappa shape index (κ2) is 6.57. The van der Waals surface area contributed by atoms with Crippen molar-refractivity contribution in [2.45, 2.75) is 12.1 Å². The standard InChI is InChI=1S/C13H8F5N3O5/c1-25-9(24)6-4-2-3-5(7(6)22)8(23)19-11-20-10(21-26-11)12(14,15)13(16,17)18/h2-4,22H,1H3,(H,19,20,21,23). The van der Waals surface area contributed by atoms with Crippen LogP contribution in [0.15, 0.2) is 22.7 Å². The number of para-hydroxylation sites is 1. The minimum atomic E-state index is -5.97. The lowest BCUT2D eigenvalue weighted by molar-refractivity contribution is -0.293. The first-order valence-electron chi connectivity index (χ1n) is 6.49. The molecule has 0 radical (unpaired) electrons. The predicted octanol–water partition coefficient (Wildman–Crippen LogP) is 2.47. The maximum Gasteiger partial charge on any atom is 0.461 e. The molecule has 2 N–H and O–H groups in total. The highest BCUT2D eigenvalue weighted by Gasteiger charge is 2.62. The Labute approximate surface area is 140 Å². The summed E-state index contributed by atoms with van der Waals surface area (Å²) >= 11 is 0. The highest BCUT2D eigenvalue weighted by atomic mass is 19.4. The van der Waals surface area contributed by atoms with E-state index in [1.54, 1.807) is 5.32 Å². The number of aromatic hydroxyl groups is 1. The van der Waals surface area contributed by atoms with E-state index in [9.17, 15) is 36.6 Å². The minimum Gasteiger partial charge on any atom is -0.506 e. The molecule has 0 aliphatic carbocycles. The van der Waals surface area contributed by atoms with Gasteiger partial charge in [-0.3, -0.25) is 10.1 Å². The smallest absolute Gasteiger partial charge is 0.461 e. The first-order chi connectivity index (χ1) is 12.0. The van der Waals surface area contributed by atoms with Crippen LogP contribution in [0.1, 0.15) is 26.5 Å². The van der Waals surface area contributed by atoms with Gasteiger partial charge in [0.1, 0.15) is 11.3 Å². The number of carbonyl (C=O) groups excluding carboxylic acids is 2. The number of phenols is 1. The van der Waals surface area contributed by atoms with Crippen LogP contribution in [-0.4, -0.2) is 40.4 Å². The van der Waals surface area contributed by atoms with E-state index in [4.69, 9.17) is 0 Å². The monoisotopic (exact) mass is 381 g/mol. The van der Waals surface area contributed by atoms with Gasteiger partial charge >= 0.3 is 24.1 Å². The molecule has 0 bridgehead atoms. The van der Waals surface area contributed by atoms with Gasteiger partial charge in [0.25, 0.3) is 11.7 Å². The Balaban J connectivity index is 2.26. The summed E-state index contributed by atoms with van der Waals surface area (Å²) in [6.45, 7) is 0. The number of halogens is 5. The number of carbonyl (C=O) groups is 2. The van der Waals surface area contributed by atoms with Crippen LogP contribution < -0.4 is 5.32 Å². The molecule has 1 aromatic carbocycles. The molecule has 1 heterocycles. The second-order valence-electron chi connectivity index (χ2n) is 4.64. The molecule has 0 saturated carbocycles. The van der Waals surface area contributed by atoms with Gasteiger partial charge in [-0.15, -0.1) is 0 Å². The SMILES string of the molecule is COC(=O)c1cccc(C(=O)Nc2nc(C(F)(F)C(F)(F)F)no2)c1O. The molecule has 0 unspecified atom stereocenters. The number of hydrogen-bond acceptors (Lipinski definition) is 7. The fourth-order valence-electron chi connectivity index (χ4n) is 1.69. The molecular weight excluding hydrogens is 373 g/mol. The summed E-state index contributed by atoms with van der Waals surface area (Å²) < 4.78 is 71.3. The van der Waals surface area contributed by atoms with Crippen LogP contribution in [0.2, 0.25) is 0 Å². The van der Waals surface area contributed by atoms with E-state index in [1.165, 1.54) is 6.07 Å². The molecular formula is C13H8F5N3O5. The summed E-state index contributed by atoms with van der Waals surface area (Å²) in [7, 11) is 1.02. The third kappa shape index (κ3) is 3.41. The number of phenolic OH excluding ortho intramolecular Hbond substituents is 1. The summed E-state index contributed by atoms with van der Waals surface area (Å²) in [5, 5.41) is 14.1. The van der Waals surface area contributed by atoms with Gasteiger partial charge in [0, 0.05) is 0 Å². The zero-order valence-corrected chi connectivity index (χ0v) is 12.6. The number of rotatable bonds is 4. The van der Waals surface area contributed by atoms with Crippen LogP contribution in [0.3, 0.4) is 0 Å². The normalized spacial score (nSPS) is 11.9. The van der Waals surface area contributed by atoms with Crippen molar-refractivity contribution >= 4 is 17.9 Å². The quantitative estimate of drug-likeness (QED) is 0.618. The van der Waals surface area contributed by atoms with Crippen LogP contribution in [0.4, 0.5) is 28.0 Å². The fourth-order valence-corrected chi connectivity index (χ4v) is 1.69. The van der Waals surface area contributed by atoms with E-state index >= 15 is 0 Å². The van der Waals surface area contributed by atoms with Gasteiger partial charge in [-0.1, -0.05) is 11.2 Å². The average Bonchev–Trinajstić information content (AvgIpc) is 3.02. The van der Waals surface area contributed by atoms with Crippen LogP contribution >= 0.6 is 0 Å². The number of methoxy groups -OCH3 is 1. The van der Waals surface area contributed by atoms with Gasteiger partial charge in [0.15, 0.2) is 0 Å². The summed E-state index contributed by atoms with van der Waals surface area (Å²) in [4.78, 5) is 26.2. The molecule has 0 aliphatic rings. The molecule has 1 amide bonds. The highest BCUT2D eigenvalue weighted by molar-refractivity contribution is 6.07. The predicted molar refractivity (Wildman–Crippen MR) is 71.6 cm³/mol. The molecule has 0 atom stereocenters. The zero-order chi connectivity index (χ0) is 19.7. The molecule has 140 valence electrons. The van der Waals surface area contributed by atoms with Gasteiger partial charge in [-0.2, -0.15) is 26.9 Å². The lowest BCUT2D eigenvalue weighted by Crippen LogP contribution is -2.34. The van der Waals surface area contributed by atoms with Crippen molar-refractivity contribution in [2.75, 3.05) is 12.4 Å². The van der Waals surface area contributed by atoms with Crippen molar-refractivity contribution in [3.8, 4) is 5.75 Å². The fraction of sp³-hybridized carbons (Fsp3) is 0.231. The molecule has 0 aliphatic heterocycles. The summed E-state index contributed by atoms with van der Waals surface area (Å²) in [6.07, 6.45) is -5.97. The van der Waals surface area contributed by atoms with Crippen molar-refractivity contribution in [2.24, 2.45) is 0 Å². The van der Waals surface area contributed by atoms with E-state index in [0.29, 0.717) is 0 Å². The van der Waals surface area contributed by atoms with Crippen molar-refractivity contribution < 1.29 is 45.9 Å². The maximum atomic E-state index is 13.1. The van der Waals surface area contributed by atoms with Crippen molar-refractivity contribution in [3.63, 3.8) is 0 Å². The van der Waals surface area contributed by atoms with E-state index in [-0.39, 0.29) is 5.56 Å². The van der Waals surface area contributed by atoms with Gasteiger partial charge in [-0.25, -0.2) is 4.79 Å². The van der Waals surface area contributed by atoms with Crippen molar-refractivity contribution in [1.29, 1.82) is 0 Å². The molecule has 2 rings (SSSR count). The first kappa shape index (κ1) is 19.1. The number of hydrogen-bond donors (Lipinski definition) is 2. The van der Waals surface area contributed by atoms with Gasteiger partial charge < -0.3 is 14.4 Å². The van der Waals surface area contributed by atoms with Crippen LogP contribution in [0.25, 0.3) is 0 Å². The van der Waals surface area contributed by atoms with E-state index in [0.717, 1.165) is 19.2 Å². The number of nitrogens with zero attached hydrogens (tertiary/aromatic N) is 2. The number of ether oxygens (including phenoxy) is 1. The Hall–Kier alpha value is -3.25. The van der Waals surface area contributed by atoms with E-state index in [2.05, 4.69) is 19.4 Å². The highest BCUT2D eigenvalue weighted by Crippen LogP contribution is 2.42. The molecule has 2 aromatic rings. The number of aromatic nitrogens is 2. The lowest BCUT2D eigenvalue weighted by atomic mass is 10.1. The molecule has 0 saturated heterocycles. The molecule has 0 fully saturated rings. The number of benzene rings is 1. The maximum absolute atomic E-state index is 13.1. The third-order valence-electron chi connectivity index (χ3n) is 2.97. The first-order valence-corrected chi connectivity index (χ1v) is 6.49. The number of anilines is 1. The van der Waals surface area contributed by atoms with Crippen LogP contribution in [0, 0.1) is 0 Å². The molecule has 0 spiro atoms. The lowest BCUT2D eigenvalue weighted by Gasteiger charge is -2.14. The summed E-state index contributed by atoms with van der Waals surface area (Å²) in [5.41, 5.74) is -0.898. The Bertz CT molecular complexity index is 849. The molecule has 1 aromatic heterocycles.